The molecule has 0 atom stereocenters. The molecule has 0 aliphatic carbocycles. The first-order chi connectivity index (χ1) is 9.66. The van der Waals surface area contributed by atoms with E-state index >= 15 is 0 Å². The summed E-state index contributed by atoms with van der Waals surface area (Å²) >= 11 is 5.82. The summed E-state index contributed by atoms with van der Waals surface area (Å²) in [6.07, 6.45) is 1.40. The van der Waals surface area contributed by atoms with Crippen LogP contribution in [0.4, 0.5) is 0 Å². The van der Waals surface area contributed by atoms with Crippen LogP contribution in [0.5, 0.6) is 0 Å². The lowest BCUT2D eigenvalue weighted by Crippen LogP contribution is -1.98. The summed E-state index contributed by atoms with van der Waals surface area (Å²) in [6.45, 7) is 0. The molecule has 20 heavy (non-hydrogen) atoms. The standard InChI is InChI=1S/C13H7ClN2O4/c14-10-9(5-6-19-10)12-16-15-11(20-12)7-3-1-2-4-8(7)13(17)18/h1-6H,(H,17,18). The zero-order valence-electron chi connectivity index (χ0n) is 9.91. The van der Waals surface area contributed by atoms with Gasteiger partial charge in [-0.1, -0.05) is 12.1 Å². The van der Waals surface area contributed by atoms with Crippen molar-refractivity contribution in [1.82, 2.24) is 10.2 Å². The molecule has 0 saturated carbocycles. The Kier molecular flexibility index (Phi) is 3.00. The van der Waals surface area contributed by atoms with E-state index in [4.69, 9.17) is 25.5 Å². The van der Waals surface area contributed by atoms with Gasteiger partial charge in [-0.05, 0) is 29.8 Å². The second kappa shape index (κ2) is 4.82. The monoisotopic (exact) mass is 290 g/mol. The van der Waals surface area contributed by atoms with E-state index in [1.54, 1.807) is 24.3 Å². The lowest BCUT2D eigenvalue weighted by atomic mass is 10.1. The molecule has 0 aliphatic rings. The Labute approximate surface area is 117 Å². The summed E-state index contributed by atoms with van der Waals surface area (Å²) in [7, 11) is 0. The molecule has 100 valence electrons. The summed E-state index contributed by atoms with van der Waals surface area (Å²) in [5, 5.41) is 17.0. The fraction of sp³-hybridized carbons (Fsp3) is 0. The molecule has 0 fully saturated rings. The fourth-order valence-electron chi connectivity index (χ4n) is 1.74. The number of hydrogen-bond donors (Lipinski definition) is 1. The minimum atomic E-state index is -1.07. The highest BCUT2D eigenvalue weighted by Gasteiger charge is 2.19. The van der Waals surface area contributed by atoms with Crippen molar-refractivity contribution in [3.63, 3.8) is 0 Å². The Bertz CT molecular complexity index is 778. The van der Waals surface area contributed by atoms with Gasteiger partial charge in [-0.3, -0.25) is 0 Å². The Morgan fingerprint density at radius 2 is 1.80 bits per heavy atom. The second-order valence-corrected chi connectivity index (χ2v) is 4.21. The van der Waals surface area contributed by atoms with E-state index in [1.165, 1.54) is 12.3 Å². The molecule has 6 nitrogen and oxygen atoms in total. The molecule has 3 aromatic rings. The van der Waals surface area contributed by atoms with Crippen LogP contribution in [-0.2, 0) is 0 Å². The predicted octanol–water partition coefficient (Wildman–Crippen LogP) is 3.35. The Morgan fingerprint density at radius 1 is 1.10 bits per heavy atom. The number of halogens is 1. The lowest BCUT2D eigenvalue weighted by molar-refractivity contribution is 0.0697. The Balaban J connectivity index is 2.07. The van der Waals surface area contributed by atoms with Crippen molar-refractivity contribution < 1.29 is 18.7 Å². The Hall–Kier alpha value is -2.60. The van der Waals surface area contributed by atoms with Crippen molar-refractivity contribution in [3.05, 3.63) is 47.4 Å². The summed E-state index contributed by atoms with van der Waals surface area (Å²) < 4.78 is 10.4. The molecule has 0 spiro atoms. The van der Waals surface area contributed by atoms with Crippen LogP contribution in [0, 0.1) is 0 Å². The molecular weight excluding hydrogens is 284 g/mol. The van der Waals surface area contributed by atoms with Gasteiger partial charge in [0.15, 0.2) is 0 Å². The SMILES string of the molecule is O=C(O)c1ccccc1-c1nnc(-c2ccoc2Cl)o1. The topological polar surface area (TPSA) is 89.4 Å². The van der Waals surface area contributed by atoms with Crippen molar-refractivity contribution in [2.45, 2.75) is 0 Å². The van der Waals surface area contributed by atoms with Crippen LogP contribution < -0.4 is 0 Å². The predicted molar refractivity (Wildman–Crippen MR) is 69.4 cm³/mol. The summed E-state index contributed by atoms with van der Waals surface area (Å²) in [5.41, 5.74) is 0.887. The number of benzene rings is 1. The number of aromatic nitrogens is 2. The third-order valence-corrected chi connectivity index (χ3v) is 2.95. The van der Waals surface area contributed by atoms with Crippen LogP contribution in [0.2, 0.25) is 5.22 Å². The van der Waals surface area contributed by atoms with E-state index in [0.717, 1.165) is 0 Å². The van der Waals surface area contributed by atoms with Gasteiger partial charge in [-0.25, -0.2) is 4.79 Å². The van der Waals surface area contributed by atoms with Crippen LogP contribution in [-0.4, -0.2) is 21.3 Å². The molecular formula is C13H7ClN2O4. The normalized spacial score (nSPS) is 10.7. The minimum absolute atomic E-state index is 0.0843. The molecule has 0 bridgehead atoms. The maximum Gasteiger partial charge on any atom is 0.336 e. The molecule has 0 unspecified atom stereocenters. The average molecular weight is 291 g/mol. The molecule has 0 aliphatic heterocycles. The van der Waals surface area contributed by atoms with Gasteiger partial charge in [0.2, 0.25) is 11.1 Å². The van der Waals surface area contributed by atoms with Gasteiger partial charge in [0.05, 0.1) is 23.0 Å². The summed E-state index contributed by atoms with van der Waals surface area (Å²) in [6, 6.07) is 7.96. The molecule has 3 rings (SSSR count). The summed E-state index contributed by atoms with van der Waals surface area (Å²) in [4.78, 5) is 11.2. The minimum Gasteiger partial charge on any atom is -0.478 e. The van der Waals surface area contributed by atoms with E-state index in [2.05, 4.69) is 10.2 Å². The molecule has 0 saturated heterocycles. The zero-order valence-corrected chi connectivity index (χ0v) is 10.7. The van der Waals surface area contributed by atoms with Crippen molar-refractivity contribution in [1.29, 1.82) is 0 Å². The van der Waals surface area contributed by atoms with Gasteiger partial charge in [-0.2, -0.15) is 0 Å². The van der Waals surface area contributed by atoms with Crippen molar-refractivity contribution in [3.8, 4) is 22.9 Å². The number of aromatic carboxylic acids is 1. The van der Waals surface area contributed by atoms with Crippen LogP contribution in [0.25, 0.3) is 22.9 Å². The third-order valence-electron chi connectivity index (χ3n) is 2.66. The smallest absolute Gasteiger partial charge is 0.336 e. The largest absolute Gasteiger partial charge is 0.478 e. The van der Waals surface area contributed by atoms with Crippen LogP contribution in [0.3, 0.4) is 0 Å². The molecule has 1 aromatic carbocycles. The van der Waals surface area contributed by atoms with Gasteiger partial charge < -0.3 is 13.9 Å². The van der Waals surface area contributed by atoms with Crippen LogP contribution in [0.15, 0.2) is 45.4 Å². The first-order valence-electron chi connectivity index (χ1n) is 5.56. The maximum atomic E-state index is 11.2. The molecule has 0 amide bonds. The van der Waals surface area contributed by atoms with Crippen molar-refractivity contribution >= 4 is 17.6 Å². The number of hydrogen-bond acceptors (Lipinski definition) is 5. The van der Waals surface area contributed by atoms with Gasteiger partial charge in [-0.15, -0.1) is 10.2 Å². The van der Waals surface area contributed by atoms with Gasteiger partial charge in [0.1, 0.15) is 0 Å². The highest BCUT2D eigenvalue weighted by atomic mass is 35.5. The summed E-state index contributed by atoms with van der Waals surface area (Å²) in [5.74, 6) is -0.795. The number of carboxylic acids is 1. The third kappa shape index (κ3) is 2.06. The Morgan fingerprint density at radius 3 is 2.45 bits per heavy atom. The quantitative estimate of drug-likeness (QED) is 0.795. The number of furan rings is 1. The zero-order chi connectivity index (χ0) is 14.1. The molecule has 7 heteroatoms. The van der Waals surface area contributed by atoms with E-state index in [0.29, 0.717) is 11.1 Å². The molecule has 1 N–H and O–H groups in total. The van der Waals surface area contributed by atoms with E-state index < -0.39 is 5.97 Å². The number of rotatable bonds is 3. The number of carbonyl (C=O) groups is 1. The molecule has 2 heterocycles. The number of nitrogens with zero attached hydrogens (tertiary/aromatic N) is 2. The first kappa shape index (κ1) is 12.4. The maximum absolute atomic E-state index is 11.2. The number of carboxylic acid groups (broad SMARTS) is 1. The fourth-order valence-corrected chi connectivity index (χ4v) is 1.94. The molecule has 0 radical (unpaired) electrons. The average Bonchev–Trinajstić information content (AvgIpc) is 3.07. The van der Waals surface area contributed by atoms with Crippen molar-refractivity contribution in [2.24, 2.45) is 0 Å². The van der Waals surface area contributed by atoms with Gasteiger partial charge in [0.25, 0.3) is 5.89 Å². The van der Waals surface area contributed by atoms with Crippen molar-refractivity contribution in [2.75, 3.05) is 0 Å². The van der Waals surface area contributed by atoms with Crippen LogP contribution >= 0.6 is 11.6 Å². The second-order valence-electron chi connectivity index (χ2n) is 3.87. The first-order valence-corrected chi connectivity index (χ1v) is 5.94. The molecule has 2 aromatic heterocycles. The lowest BCUT2D eigenvalue weighted by Gasteiger charge is -1.99. The van der Waals surface area contributed by atoms with Crippen LogP contribution in [0.1, 0.15) is 10.4 Å². The van der Waals surface area contributed by atoms with Gasteiger partial charge in [0, 0.05) is 0 Å². The van der Waals surface area contributed by atoms with E-state index in [1.807, 2.05) is 0 Å². The highest BCUT2D eigenvalue weighted by Crippen LogP contribution is 2.30. The van der Waals surface area contributed by atoms with E-state index in [-0.39, 0.29) is 22.6 Å². The van der Waals surface area contributed by atoms with Gasteiger partial charge >= 0.3 is 5.97 Å². The highest BCUT2D eigenvalue weighted by molar-refractivity contribution is 6.31. The van der Waals surface area contributed by atoms with E-state index in [9.17, 15) is 4.79 Å².